The molecular weight excluding hydrogens is 336 g/mol. The summed E-state index contributed by atoms with van der Waals surface area (Å²) >= 11 is 3.18. The van der Waals surface area contributed by atoms with E-state index in [0.29, 0.717) is 10.3 Å². The lowest BCUT2D eigenvalue weighted by atomic mass is 10.2. The van der Waals surface area contributed by atoms with Crippen molar-refractivity contribution in [2.24, 2.45) is 7.05 Å². The maximum absolute atomic E-state index is 12.3. The van der Waals surface area contributed by atoms with Gasteiger partial charge in [-0.1, -0.05) is 15.9 Å². The van der Waals surface area contributed by atoms with Gasteiger partial charge in [-0.3, -0.25) is 9.48 Å². The molecule has 0 saturated carbocycles. The topological polar surface area (TPSA) is 56.2 Å². The number of hydrogen-bond acceptors (Lipinski definition) is 3. The monoisotopic (exact) mass is 345 g/mol. The van der Waals surface area contributed by atoms with Gasteiger partial charge in [0.25, 0.3) is 5.91 Å². The Labute approximate surface area is 121 Å². The molecule has 0 spiro atoms. The van der Waals surface area contributed by atoms with Crippen LogP contribution in [-0.4, -0.2) is 22.3 Å². The molecular formula is C12H10BrF2N3O2. The molecule has 1 aromatic carbocycles. The van der Waals surface area contributed by atoms with Gasteiger partial charge in [-0.25, -0.2) is 0 Å². The number of carbonyl (C=O) groups is 1. The van der Waals surface area contributed by atoms with Gasteiger partial charge in [0.1, 0.15) is 5.75 Å². The second-order valence-electron chi connectivity index (χ2n) is 3.85. The van der Waals surface area contributed by atoms with Crippen LogP contribution >= 0.6 is 15.9 Å². The zero-order valence-electron chi connectivity index (χ0n) is 10.3. The minimum Gasteiger partial charge on any atom is -0.434 e. The van der Waals surface area contributed by atoms with Gasteiger partial charge in [0.15, 0.2) is 5.82 Å². The molecule has 1 heterocycles. The van der Waals surface area contributed by atoms with Crippen LogP contribution in [0.4, 0.5) is 14.6 Å². The molecule has 0 fully saturated rings. The lowest BCUT2D eigenvalue weighted by molar-refractivity contribution is -0.0501. The molecule has 0 atom stereocenters. The fourth-order valence-electron chi connectivity index (χ4n) is 1.54. The fraction of sp³-hybridized carbons (Fsp3) is 0.167. The quantitative estimate of drug-likeness (QED) is 0.926. The summed E-state index contributed by atoms with van der Waals surface area (Å²) in [7, 11) is 1.69. The van der Waals surface area contributed by atoms with Crippen LogP contribution in [0.25, 0.3) is 0 Å². The molecule has 2 rings (SSSR count). The van der Waals surface area contributed by atoms with Crippen molar-refractivity contribution in [2.45, 2.75) is 6.61 Å². The van der Waals surface area contributed by atoms with Crippen LogP contribution < -0.4 is 10.1 Å². The van der Waals surface area contributed by atoms with E-state index in [4.69, 9.17) is 0 Å². The predicted octanol–water partition coefficient (Wildman–Crippen LogP) is 3.04. The van der Waals surface area contributed by atoms with E-state index >= 15 is 0 Å². The molecule has 1 aromatic heterocycles. The number of nitrogens with zero attached hydrogens (tertiary/aromatic N) is 2. The summed E-state index contributed by atoms with van der Waals surface area (Å²) < 4.78 is 31.0. The Kier molecular flexibility index (Phi) is 4.33. The molecule has 0 saturated heterocycles. The van der Waals surface area contributed by atoms with Crippen molar-refractivity contribution < 1.29 is 18.3 Å². The van der Waals surface area contributed by atoms with E-state index in [-0.39, 0.29) is 11.3 Å². The third-order valence-corrected chi connectivity index (χ3v) is 2.85. The average Bonchev–Trinajstić information content (AvgIpc) is 2.76. The van der Waals surface area contributed by atoms with E-state index in [0.717, 1.165) is 0 Å². The van der Waals surface area contributed by atoms with Crippen LogP contribution in [0.5, 0.6) is 5.75 Å². The lowest BCUT2D eigenvalue weighted by Gasteiger charge is -2.10. The Hall–Kier alpha value is -1.96. The normalized spacial score (nSPS) is 10.7. The summed E-state index contributed by atoms with van der Waals surface area (Å²) in [5.41, 5.74) is -0.00896. The molecule has 1 amide bonds. The number of alkyl halides is 2. The Morgan fingerprint density at radius 1 is 1.45 bits per heavy atom. The van der Waals surface area contributed by atoms with E-state index < -0.39 is 12.5 Å². The number of carbonyl (C=O) groups excluding carboxylic acids is 1. The number of hydrogen-bond donors (Lipinski definition) is 1. The summed E-state index contributed by atoms with van der Waals surface area (Å²) in [5.74, 6) is -0.460. The standard InChI is InChI=1S/C12H10BrF2N3O2/c1-18-5-4-10(17-18)16-11(19)8-6-7(13)2-3-9(8)20-12(14)15/h2-6,12H,1H3,(H,16,17,19). The highest BCUT2D eigenvalue weighted by molar-refractivity contribution is 9.10. The number of benzene rings is 1. The Morgan fingerprint density at radius 2 is 2.20 bits per heavy atom. The van der Waals surface area contributed by atoms with Crippen LogP contribution in [0.1, 0.15) is 10.4 Å². The van der Waals surface area contributed by atoms with Crippen LogP contribution in [0, 0.1) is 0 Å². The summed E-state index contributed by atoms with van der Waals surface area (Å²) in [4.78, 5) is 12.1. The van der Waals surface area contributed by atoms with E-state index in [1.165, 1.54) is 22.9 Å². The van der Waals surface area contributed by atoms with Crippen molar-refractivity contribution in [3.63, 3.8) is 0 Å². The largest absolute Gasteiger partial charge is 0.434 e. The van der Waals surface area contributed by atoms with Gasteiger partial charge in [-0.05, 0) is 18.2 Å². The van der Waals surface area contributed by atoms with Gasteiger partial charge in [0.05, 0.1) is 5.56 Å². The number of aryl methyl sites for hydroxylation is 1. The second-order valence-corrected chi connectivity index (χ2v) is 4.76. The van der Waals surface area contributed by atoms with Crippen molar-refractivity contribution in [2.75, 3.05) is 5.32 Å². The number of ether oxygens (including phenoxy) is 1. The van der Waals surface area contributed by atoms with Gasteiger partial charge in [-0.15, -0.1) is 0 Å². The molecule has 5 nitrogen and oxygen atoms in total. The van der Waals surface area contributed by atoms with Crippen molar-refractivity contribution in [1.82, 2.24) is 9.78 Å². The summed E-state index contributed by atoms with van der Waals surface area (Å²) in [6.07, 6.45) is 1.65. The zero-order chi connectivity index (χ0) is 14.7. The highest BCUT2D eigenvalue weighted by Gasteiger charge is 2.17. The van der Waals surface area contributed by atoms with E-state index in [2.05, 4.69) is 31.1 Å². The molecule has 0 bridgehead atoms. The fourth-order valence-corrected chi connectivity index (χ4v) is 1.90. The van der Waals surface area contributed by atoms with Crippen molar-refractivity contribution in [3.8, 4) is 5.75 Å². The molecule has 20 heavy (non-hydrogen) atoms. The maximum atomic E-state index is 12.3. The van der Waals surface area contributed by atoms with E-state index in [9.17, 15) is 13.6 Å². The predicted molar refractivity (Wildman–Crippen MR) is 71.9 cm³/mol. The number of anilines is 1. The van der Waals surface area contributed by atoms with Crippen LogP contribution in [0.3, 0.4) is 0 Å². The first-order chi connectivity index (χ1) is 9.45. The van der Waals surface area contributed by atoms with Crippen LogP contribution in [0.2, 0.25) is 0 Å². The van der Waals surface area contributed by atoms with Crippen LogP contribution in [0.15, 0.2) is 34.9 Å². The highest BCUT2D eigenvalue weighted by atomic mass is 79.9. The number of amides is 1. The minimum absolute atomic E-state index is 0.00896. The van der Waals surface area contributed by atoms with Gasteiger partial charge in [-0.2, -0.15) is 13.9 Å². The molecule has 0 aliphatic carbocycles. The van der Waals surface area contributed by atoms with E-state index in [1.54, 1.807) is 19.3 Å². The first kappa shape index (κ1) is 14.4. The molecule has 8 heteroatoms. The number of nitrogens with one attached hydrogen (secondary N) is 1. The molecule has 0 unspecified atom stereocenters. The van der Waals surface area contributed by atoms with Gasteiger partial charge in [0, 0.05) is 23.8 Å². The molecule has 2 aromatic rings. The minimum atomic E-state index is -3.00. The highest BCUT2D eigenvalue weighted by Crippen LogP contribution is 2.25. The first-order valence-electron chi connectivity index (χ1n) is 5.51. The summed E-state index contributed by atoms with van der Waals surface area (Å²) in [5, 5.41) is 6.48. The van der Waals surface area contributed by atoms with Gasteiger partial charge in [0.2, 0.25) is 0 Å². The van der Waals surface area contributed by atoms with E-state index in [1.807, 2.05) is 0 Å². The SMILES string of the molecule is Cn1ccc(NC(=O)c2cc(Br)ccc2OC(F)F)n1. The summed E-state index contributed by atoms with van der Waals surface area (Å²) in [6.45, 7) is -3.00. The van der Waals surface area contributed by atoms with Crippen LogP contribution in [-0.2, 0) is 7.05 Å². The van der Waals surface area contributed by atoms with Crippen molar-refractivity contribution in [3.05, 3.63) is 40.5 Å². The lowest BCUT2D eigenvalue weighted by Crippen LogP contribution is -2.15. The average molecular weight is 346 g/mol. The number of rotatable bonds is 4. The molecule has 1 N–H and O–H groups in total. The number of aromatic nitrogens is 2. The Balaban J connectivity index is 2.25. The zero-order valence-corrected chi connectivity index (χ0v) is 11.9. The first-order valence-corrected chi connectivity index (χ1v) is 6.30. The molecule has 106 valence electrons. The van der Waals surface area contributed by atoms with Gasteiger partial charge < -0.3 is 10.1 Å². The molecule has 0 aliphatic heterocycles. The van der Waals surface area contributed by atoms with Gasteiger partial charge >= 0.3 is 6.61 Å². The number of halogens is 3. The third-order valence-electron chi connectivity index (χ3n) is 2.36. The second kappa shape index (κ2) is 6.00. The Bertz CT molecular complexity index is 631. The maximum Gasteiger partial charge on any atom is 0.387 e. The van der Waals surface area contributed by atoms with Crippen molar-refractivity contribution in [1.29, 1.82) is 0 Å². The summed E-state index contributed by atoms with van der Waals surface area (Å²) in [6, 6.07) is 5.79. The molecule has 0 radical (unpaired) electrons. The smallest absolute Gasteiger partial charge is 0.387 e. The van der Waals surface area contributed by atoms with Crippen molar-refractivity contribution >= 4 is 27.7 Å². The molecule has 0 aliphatic rings. The Morgan fingerprint density at radius 3 is 2.80 bits per heavy atom. The third kappa shape index (κ3) is 3.53.